The van der Waals surface area contributed by atoms with Crippen molar-refractivity contribution in [3.05, 3.63) is 65.8 Å². The lowest BCUT2D eigenvalue weighted by molar-refractivity contribution is -0.145. The molecule has 2 aromatic carbocycles. The first kappa shape index (κ1) is 24.0. The summed E-state index contributed by atoms with van der Waals surface area (Å²) in [6.07, 6.45) is 4.42. The number of aryl methyl sites for hydroxylation is 1. The Balaban J connectivity index is 1.26. The van der Waals surface area contributed by atoms with Gasteiger partial charge >= 0.3 is 5.97 Å². The van der Waals surface area contributed by atoms with Crippen molar-refractivity contribution < 1.29 is 26.9 Å². The Kier molecular flexibility index (Phi) is 7.69. The average molecular weight is 488 g/mol. The summed E-state index contributed by atoms with van der Waals surface area (Å²) in [4.78, 5) is 16.5. The van der Waals surface area contributed by atoms with Crippen LogP contribution in [0.3, 0.4) is 0 Å². The van der Waals surface area contributed by atoms with E-state index in [2.05, 4.69) is 10.1 Å². The van der Waals surface area contributed by atoms with Crippen molar-refractivity contribution in [3.63, 3.8) is 0 Å². The number of esters is 1. The highest BCUT2D eigenvalue weighted by Crippen LogP contribution is 2.21. The minimum Gasteiger partial charge on any atom is -0.456 e. The van der Waals surface area contributed by atoms with E-state index in [1.165, 1.54) is 24.3 Å². The normalized spacial score (nSPS) is 15.1. The van der Waals surface area contributed by atoms with Gasteiger partial charge in [0.05, 0.1) is 4.90 Å². The first-order valence-corrected chi connectivity index (χ1v) is 12.7. The third kappa shape index (κ3) is 6.06. The maximum atomic E-state index is 13.0. The molecule has 8 nitrogen and oxygen atoms in total. The quantitative estimate of drug-likeness (QED) is 0.441. The molecular weight excluding hydrogens is 461 g/mol. The number of hydrogen-bond donors (Lipinski definition) is 0. The third-order valence-corrected chi connectivity index (χ3v) is 7.58. The van der Waals surface area contributed by atoms with Gasteiger partial charge in [0.2, 0.25) is 15.8 Å². The molecule has 1 aromatic heterocycles. The van der Waals surface area contributed by atoms with Gasteiger partial charge in [-0.15, -0.1) is 0 Å². The molecule has 10 heteroatoms. The fourth-order valence-corrected chi connectivity index (χ4v) is 5.27. The number of benzene rings is 2. The highest BCUT2D eigenvalue weighted by atomic mass is 32.2. The molecule has 1 fully saturated rings. The van der Waals surface area contributed by atoms with E-state index in [0.717, 1.165) is 31.2 Å². The zero-order chi connectivity index (χ0) is 24.0. The molecule has 0 spiro atoms. The predicted octanol–water partition coefficient (Wildman–Crippen LogP) is 4.12. The summed E-state index contributed by atoms with van der Waals surface area (Å²) in [7, 11) is -3.49. The van der Waals surface area contributed by atoms with Crippen molar-refractivity contribution in [2.45, 2.75) is 50.0 Å². The number of nitrogens with zero attached hydrogens (tertiary/aromatic N) is 3. The van der Waals surface area contributed by atoms with Crippen molar-refractivity contribution in [3.8, 4) is 11.4 Å². The number of carbonyl (C=O) groups is 1. The summed E-state index contributed by atoms with van der Waals surface area (Å²) in [5.41, 5.74) is 1.42. The molecular formula is C24H26FN3O5S. The van der Waals surface area contributed by atoms with Gasteiger partial charge in [-0.2, -0.15) is 9.29 Å². The minimum atomic E-state index is -3.49. The van der Waals surface area contributed by atoms with Gasteiger partial charge < -0.3 is 9.26 Å². The fraction of sp³-hybridized carbons (Fsp3) is 0.375. The van der Waals surface area contributed by atoms with E-state index in [-0.39, 0.29) is 35.5 Å². The van der Waals surface area contributed by atoms with Crippen molar-refractivity contribution in [2.75, 3.05) is 13.1 Å². The summed E-state index contributed by atoms with van der Waals surface area (Å²) in [5.74, 6) is -0.394. The Morgan fingerprint density at radius 2 is 1.68 bits per heavy atom. The van der Waals surface area contributed by atoms with E-state index in [1.54, 1.807) is 28.6 Å². The van der Waals surface area contributed by atoms with Crippen LogP contribution in [0.2, 0.25) is 0 Å². The Morgan fingerprint density at radius 3 is 2.35 bits per heavy atom. The van der Waals surface area contributed by atoms with Crippen LogP contribution < -0.4 is 0 Å². The maximum Gasteiger partial charge on any atom is 0.306 e. The first-order valence-electron chi connectivity index (χ1n) is 11.2. The topological polar surface area (TPSA) is 103 Å². The standard InChI is InChI=1S/C24H26FN3O5S/c25-20-10-8-19(9-11-20)24-26-22(33-27-24)17-32-23(29)14-7-18-5-12-21(13-6-18)34(30,31)28-15-3-1-2-4-16-28/h5-6,8-13H,1-4,7,14-17H2. The average Bonchev–Trinajstić information content (AvgIpc) is 3.14. The number of halogens is 1. The maximum absolute atomic E-state index is 13.0. The molecule has 1 aliphatic rings. The van der Waals surface area contributed by atoms with Crippen LogP contribution in [0.5, 0.6) is 0 Å². The fourth-order valence-electron chi connectivity index (χ4n) is 3.75. The smallest absolute Gasteiger partial charge is 0.306 e. The van der Waals surface area contributed by atoms with E-state index in [4.69, 9.17) is 9.26 Å². The molecule has 0 saturated carbocycles. The largest absolute Gasteiger partial charge is 0.456 e. The van der Waals surface area contributed by atoms with Gasteiger partial charge in [-0.25, -0.2) is 12.8 Å². The lowest BCUT2D eigenvalue weighted by atomic mass is 10.1. The second kappa shape index (κ2) is 10.9. The van der Waals surface area contributed by atoms with Crippen LogP contribution in [-0.4, -0.2) is 41.9 Å². The zero-order valence-corrected chi connectivity index (χ0v) is 19.5. The van der Waals surface area contributed by atoms with Crippen LogP contribution in [0.1, 0.15) is 43.6 Å². The van der Waals surface area contributed by atoms with E-state index in [9.17, 15) is 17.6 Å². The lowest BCUT2D eigenvalue weighted by Gasteiger charge is -2.20. The second-order valence-electron chi connectivity index (χ2n) is 8.14. The molecule has 0 amide bonds. The third-order valence-electron chi connectivity index (χ3n) is 5.67. The van der Waals surface area contributed by atoms with E-state index >= 15 is 0 Å². The van der Waals surface area contributed by atoms with Crippen molar-refractivity contribution in [1.82, 2.24) is 14.4 Å². The Hall–Kier alpha value is -3.11. The zero-order valence-electron chi connectivity index (χ0n) is 18.7. The van der Waals surface area contributed by atoms with E-state index < -0.39 is 16.0 Å². The highest BCUT2D eigenvalue weighted by molar-refractivity contribution is 7.89. The second-order valence-corrected chi connectivity index (χ2v) is 10.1. The monoisotopic (exact) mass is 487 g/mol. The van der Waals surface area contributed by atoms with Crippen LogP contribution in [0, 0.1) is 5.82 Å². The molecule has 3 aromatic rings. The van der Waals surface area contributed by atoms with Crippen molar-refractivity contribution in [1.29, 1.82) is 0 Å². The van der Waals surface area contributed by atoms with E-state index in [0.29, 0.717) is 25.1 Å². The van der Waals surface area contributed by atoms with Gasteiger partial charge in [-0.05, 0) is 61.2 Å². The summed E-state index contributed by atoms with van der Waals surface area (Å²) < 4.78 is 50.6. The molecule has 0 atom stereocenters. The van der Waals surface area contributed by atoms with Gasteiger partial charge in [0.15, 0.2) is 6.61 Å². The van der Waals surface area contributed by atoms with Gasteiger partial charge in [-0.3, -0.25) is 4.79 Å². The molecule has 180 valence electrons. The summed E-state index contributed by atoms with van der Waals surface area (Å²) in [5, 5.41) is 3.80. The molecule has 1 aliphatic heterocycles. The lowest BCUT2D eigenvalue weighted by Crippen LogP contribution is -2.31. The van der Waals surface area contributed by atoms with Crippen LogP contribution in [0.15, 0.2) is 57.9 Å². The number of aromatic nitrogens is 2. The van der Waals surface area contributed by atoms with E-state index in [1.807, 2.05) is 0 Å². The SMILES string of the molecule is O=C(CCc1ccc(S(=O)(=O)N2CCCCCC2)cc1)OCc1nc(-c2ccc(F)cc2)no1. The summed E-state index contributed by atoms with van der Waals surface area (Å²) in [6, 6.07) is 12.3. The number of rotatable bonds is 8. The molecule has 4 rings (SSSR count). The van der Waals surface area contributed by atoms with Gasteiger partial charge in [-0.1, -0.05) is 30.1 Å². The molecule has 0 unspecified atom stereocenters. The van der Waals surface area contributed by atoms with Crippen molar-refractivity contribution >= 4 is 16.0 Å². The molecule has 34 heavy (non-hydrogen) atoms. The number of sulfonamides is 1. The minimum absolute atomic E-state index is 0.122. The van der Waals surface area contributed by atoms with Crippen LogP contribution in [-0.2, 0) is 32.6 Å². The Morgan fingerprint density at radius 1 is 1.00 bits per heavy atom. The summed E-state index contributed by atoms with van der Waals surface area (Å²) >= 11 is 0. The molecule has 0 radical (unpaired) electrons. The Labute approximate surface area is 197 Å². The van der Waals surface area contributed by atoms with Gasteiger partial charge in [0, 0.05) is 25.1 Å². The number of hydrogen-bond acceptors (Lipinski definition) is 7. The van der Waals surface area contributed by atoms with Crippen LogP contribution in [0.4, 0.5) is 4.39 Å². The number of carbonyl (C=O) groups excluding carboxylic acids is 1. The predicted molar refractivity (Wildman–Crippen MR) is 121 cm³/mol. The molecule has 0 bridgehead atoms. The number of ether oxygens (including phenoxy) is 1. The summed E-state index contributed by atoms with van der Waals surface area (Å²) in [6.45, 7) is 0.947. The first-order chi connectivity index (χ1) is 16.4. The van der Waals surface area contributed by atoms with Gasteiger partial charge in [0.25, 0.3) is 5.89 Å². The molecule has 0 aliphatic carbocycles. The van der Waals surface area contributed by atoms with Crippen molar-refractivity contribution in [2.24, 2.45) is 0 Å². The molecule has 2 heterocycles. The Bertz CT molecular complexity index is 1200. The van der Waals surface area contributed by atoms with Crippen LogP contribution in [0.25, 0.3) is 11.4 Å². The van der Waals surface area contributed by atoms with Gasteiger partial charge in [0.1, 0.15) is 5.82 Å². The highest BCUT2D eigenvalue weighted by Gasteiger charge is 2.25. The van der Waals surface area contributed by atoms with Crippen LogP contribution >= 0.6 is 0 Å². The molecule has 0 N–H and O–H groups in total. The molecule has 1 saturated heterocycles.